The summed E-state index contributed by atoms with van der Waals surface area (Å²) in [4.78, 5) is 10.2. The standard InChI is InChI=1S/C22H42N4O/c1-5-25-14-23(3)12-18-9-16(7-8-20(18)25)17-10-19-13-24(4)15-26(6-2)22(19)21(27)11-17/h16-22,27H,5-15H2,1-4H3. The molecule has 2 aliphatic heterocycles. The van der Waals surface area contributed by atoms with Gasteiger partial charge < -0.3 is 5.11 Å². The molecule has 0 aromatic heterocycles. The summed E-state index contributed by atoms with van der Waals surface area (Å²) >= 11 is 0. The van der Waals surface area contributed by atoms with Gasteiger partial charge in [0.05, 0.1) is 19.4 Å². The summed E-state index contributed by atoms with van der Waals surface area (Å²) in [6.07, 6.45) is 6.38. The Morgan fingerprint density at radius 1 is 0.741 bits per heavy atom. The average molecular weight is 379 g/mol. The van der Waals surface area contributed by atoms with Crippen LogP contribution in [0.25, 0.3) is 0 Å². The van der Waals surface area contributed by atoms with Gasteiger partial charge in [0.1, 0.15) is 0 Å². The number of likely N-dealkylation sites (N-methyl/N-ethyl adjacent to an activating group) is 1. The molecule has 1 N–H and O–H groups in total. The molecule has 4 fully saturated rings. The van der Waals surface area contributed by atoms with Crippen LogP contribution in [0.4, 0.5) is 0 Å². The van der Waals surface area contributed by atoms with E-state index in [9.17, 15) is 5.11 Å². The summed E-state index contributed by atoms with van der Waals surface area (Å²) in [5.74, 6) is 3.04. The lowest BCUT2D eigenvalue weighted by atomic mass is 9.64. The lowest BCUT2D eigenvalue weighted by molar-refractivity contribution is -0.100. The molecular weight excluding hydrogens is 336 g/mol. The van der Waals surface area contributed by atoms with E-state index in [1.54, 1.807) is 0 Å². The Morgan fingerprint density at radius 2 is 1.37 bits per heavy atom. The van der Waals surface area contributed by atoms with Crippen LogP contribution in [0.15, 0.2) is 0 Å². The van der Waals surface area contributed by atoms with Crippen LogP contribution in [0.3, 0.4) is 0 Å². The van der Waals surface area contributed by atoms with Crippen LogP contribution in [0.2, 0.25) is 0 Å². The summed E-state index contributed by atoms with van der Waals surface area (Å²) < 4.78 is 0. The summed E-state index contributed by atoms with van der Waals surface area (Å²) in [6, 6.07) is 1.20. The minimum absolute atomic E-state index is 0.124. The van der Waals surface area contributed by atoms with E-state index in [1.165, 1.54) is 45.3 Å². The largest absolute Gasteiger partial charge is 0.391 e. The monoisotopic (exact) mass is 378 g/mol. The Bertz CT molecular complexity index is 503. The number of hydrogen-bond donors (Lipinski definition) is 1. The predicted octanol–water partition coefficient (Wildman–Crippen LogP) is 1.98. The lowest BCUT2D eigenvalue weighted by Gasteiger charge is -2.54. The Morgan fingerprint density at radius 3 is 2.07 bits per heavy atom. The van der Waals surface area contributed by atoms with Crippen LogP contribution in [-0.4, -0.2) is 96.5 Å². The van der Waals surface area contributed by atoms with Gasteiger partial charge in [-0.15, -0.1) is 0 Å². The van der Waals surface area contributed by atoms with Crippen molar-refractivity contribution in [3.63, 3.8) is 0 Å². The molecule has 4 rings (SSSR count). The van der Waals surface area contributed by atoms with Crippen LogP contribution < -0.4 is 0 Å². The number of aliphatic hydroxyl groups excluding tert-OH is 1. The molecule has 0 aromatic carbocycles. The molecule has 5 heteroatoms. The fourth-order valence-electron chi connectivity index (χ4n) is 7.27. The van der Waals surface area contributed by atoms with Gasteiger partial charge in [-0.3, -0.25) is 19.6 Å². The van der Waals surface area contributed by atoms with Crippen LogP contribution in [0.5, 0.6) is 0 Å². The van der Waals surface area contributed by atoms with Crippen LogP contribution in [-0.2, 0) is 0 Å². The zero-order valence-corrected chi connectivity index (χ0v) is 18.1. The second-order valence-corrected chi connectivity index (χ2v) is 10.1. The molecule has 5 nitrogen and oxygen atoms in total. The van der Waals surface area contributed by atoms with Gasteiger partial charge in [0.2, 0.25) is 0 Å². The third-order valence-corrected chi connectivity index (χ3v) is 8.32. The molecule has 0 spiro atoms. The molecule has 156 valence electrons. The molecule has 0 radical (unpaired) electrons. The van der Waals surface area contributed by atoms with Gasteiger partial charge in [0.15, 0.2) is 0 Å². The van der Waals surface area contributed by atoms with E-state index < -0.39 is 0 Å². The maximum absolute atomic E-state index is 11.1. The molecule has 2 saturated heterocycles. The maximum Gasteiger partial charge on any atom is 0.0701 e. The maximum atomic E-state index is 11.1. The van der Waals surface area contributed by atoms with Gasteiger partial charge in [0, 0.05) is 25.2 Å². The van der Waals surface area contributed by atoms with Crippen molar-refractivity contribution in [3.05, 3.63) is 0 Å². The van der Waals surface area contributed by atoms with Crippen molar-refractivity contribution in [2.24, 2.45) is 23.7 Å². The molecule has 7 atom stereocenters. The van der Waals surface area contributed by atoms with Crippen molar-refractivity contribution in [3.8, 4) is 0 Å². The summed E-state index contributed by atoms with van der Waals surface area (Å²) in [7, 11) is 4.53. The fourth-order valence-corrected chi connectivity index (χ4v) is 7.27. The quantitative estimate of drug-likeness (QED) is 0.812. The van der Waals surface area contributed by atoms with Gasteiger partial charge in [0.25, 0.3) is 0 Å². The molecule has 7 unspecified atom stereocenters. The van der Waals surface area contributed by atoms with Crippen molar-refractivity contribution >= 4 is 0 Å². The first kappa shape index (κ1) is 20.1. The number of nitrogens with zero attached hydrogens (tertiary/aromatic N) is 4. The van der Waals surface area contributed by atoms with E-state index in [-0.39, 0.29) is 6.10 Å². The van der Waals surface area contributed by atoms with E-state index in [1.807, 2.05) is 0 Å². The molecule has 0 aromatic rings. The van der Waals surface area contributed by atoms with Crippen molar-refractivity contribution < 1.29 is 5.11 Å². The lowest BCUT2D eigenvalue weighted by Crippen LogP contribution is -2.62. The third-order valence-electron chi connectivity index (χ3n) is 8.32. The van der Waals surface area contributed by atoms with Crippen LogP contribution in [0, 0.1) is 23.7 Å². The van der Waals surface area contributed by atoms with Gasteiger partial charge in [-0.25, -0.2) is 0 Å². The van der Waals surface area contributed by atoms with E-state index in [4.69, 9.17) is 0 Å². The number of hydrogen-bond acceptors (Lipinski definition) is 5. The number of fused-ring (bicyclic) bond motifs is 2. The third kappa shape index (κ3) is 3.95. The molecule has 2 aliphatic carbocycles. The SMILES string of the molecule is CCN1CN(C)CC2CC(C3CC(O)C4C(C3)CN(C)CN4CC)CCC21. The van der Waals surface area contributed by atoms with Crippen LogP contribution >= 0.6 is 0 Å². The summed E-state index contributed by atoms with van der Waals surface area (Å²) in [6.45, 7) is 11.4. The van der Waals surface area contributed by atoms with Gasteiger partial charge in [-0.05, 0) is 83.0 Å². The molecule has 2 saturated carbocycles. The Kier molecular flexibility index (Phi) is 6.15. The Hall–Kier alpha value is -0.200. The minimum atomic E-state index is -0.124. The first-order valence-electron chi connectivity index (χ1n) is 11.5. The van der Waals surface area contributed by atoms with Crippen molar-refractivity contribution in [2.45, 2.75) is 64.1 Å². The molecule has 4 aliphatic rings. The zero-order valence-electron chi connectivity index (χ0n) is 18.1. The highest BCUT2D eigenvalue weighted by atomic mass is 16.3. The van der Waals surface area contributed by atoms with Crippen molar-refractivity contribution in [2.75, 3.05) is 53.6 Å². The predicted molar refractivity (Wildman–Crippen MR) is 110 cm³/mol. The fraction of sp³-hybridized carbons (Fsp3) is 1.00. The van der Waals surface area contributed by atoms with Crippen molar-refractivity contribution in [1.29, 1.82) is 0 Å². The molecular formula is C22H42N4O. The average Bonchev–Trinajstić information content (AvgIpc) is 2.65. The van der Waals surface area contributed by atoms with E-state index in [2.05, 4.69) is 47.5 Å². The van der Waals surface area contributed by atoms with Crippen molar-refractivity contribution in [1.82, 2.24) is 19.6 Å². The first-order chi connectivity index (χ1) is 13.0. The normalized spacial score (nSPS) is 45.4. The molecule has 0 bridgehead atoms. The Labute approximate surface area is 166 Å². The van der Waals surface area contributed by atoms with Gasteiger partial charge in [-0.1, -0.05) is 13.8 Å². The Balaban J connectivity index is 1.42. The van der Waals surface area contributed by atoms with E-state index in [0.29, 0.717) is 12.0 Å². The summed E-state index contributed by atoms with van der Waals surface area (Å²) in [5.41, 5.74) is 0. The van der Waals surface area contributed by atoms with E-state index >= 15 is 0 Å². The van der Waals surface area contributed by atoms with Crippen LogP contribution in [0.1, 0.15) is 46.0 Å². The minimum Gasteiger partial charge on any atom is -0.391 e. The van der Waals surface area contributed by atoms with E-state index in [0.717, 1.165) is 50.1 Å². The topological polar surface area (TPSA) is 33.2 Å². The molecule has 27 heavy (non-hydrogen) atoms. The molecule has 0 amide bonds. The second-order valence-electron chi connectivity index (χ2n) is 10.1. The smallest absolute Gasteiger partial charge is 0.0701 e. The highest BCUT2D eigenvalue weighted by Gasteiger charge is 2.47. The second kappa shape index (κ2) is 8.27. The highest BCUT2D eigenvalue weighted by molar-refractivity contribution is 4.99. The zero-order chi connectivity index (χ0) is 19.1. The summed E-state index contributed by atoms with van der Waals surface area (Å²) in [5, 5.41) is 11.1. The number of rotatable bonds is 3. The molecule has 2 heterocycles. The van der Waals surface area contributed by atoms with Gasteiger partial charge in [-0.2, -0.15) is 0 Å². The first-order valence-corrected chi connectivity index (χ1v) is 11.5. The van der Waals surface area contributed by atoms with Gasteiger partial charge >= 0.3 is 0 Å². The highest BCUT2D eigenvalue weighted by Crippen LogP contribution is 2.45. The number of aliphatic hydroxyl groups is 1.